The maximum absolute atomic E-state index is 12.4. The molecule has 0 fully saturated rings. The van der Waals surface area contributed by atoms with Crippen LogP contribution in [-0.2, 0) is 4.74 Å². The van der Waals surface area contributed by atoms with Crippen LogP contribution in [0.1, 0.15) is 22.2 Å². The highest BCUT2D eigenvalue weighted by Gasteiger charge is 2.29. The summed E-state index contributed by atoms with van der Waals surface area (Å²) in [5.74, 6) is -0.310. The van der Waals surface area contributed by atoms with Gasteiger partial charge in [-0.3, -0.25) is 0 Å². The lowest BCUT2D eigenvalue weighted by molar-refractivity contribution is -0.597. The molecule has 0 atom stereocenters. The van der Waals surface area contributed by atoms with Crippen LogP contribution in [0.15, 0.2) is 59.1 Å². The maximum Gasteiger partial charge on any atom is 0.349 e. The Kier molecular flexibility index (Phi) is 5.02. The number of aryl methyl sites for hydroxylation is 1. The number of ether oxygens (including phenoxy) is 1. The van der Waals surface area contributed by atoms with Gasteiger partial charge in [0, 0.05) is 12.1 Å². The van der Waals surface area contributed by atoms with Crippen LogP contribution in [0.5, 0.6) is 0 Å². The minimum absolute atomic E-state index is 0.310. The Morgan fingerprint density at radius 2 is 1.83 bits per heavy atom. The summed E-state index contributed by atoms with van der Waals surface area (Å²) in [6.45, 7) is 4.20. The van der Waals surface area contributed by atoms with Crippen LogP contribution in [0.4, 0.5) is 0 Å². The van der Waals surface area contributed by atoms with E-state index in [1.165, 1.54) is 16.9 Å². The minimum atomic E-state index is -0.310. The van der Waals surface area contributed by atoms with Crippen LogP contribution < -0.4 is 4.57 Å². The molecule has 0 bridgehead atoms. The zero-order valence-electron chi connectivity index (χ0n) is 13.5. The highest BCUT2D eigenvalue weighted by atomic mass is 32.2. The molecule has 0 aliphatic rings. The number of aromatic nitrogens is 1. The third-order valence-corrected chi connectivity index (χ3v) is 5.09. The molecule has 3 nitrogen and oxygen atoms in total. The largest absolute Gasteiger partial charge is 0.462 e. The average Bonchev–Trinajstić information content (AvgIpc) is 2.94. The molecule has 3 rings (SSSR count). The van der Waals surface area contributed by atoms with Gasteiger partial charge < -0.3 is 4.74 Å². The molecule has 0 N–H and O–H groups in total. The van der Waals surface area contributed by atoms with E-state index in [2.05, 4.69) is 12.6 Å². The van der Waals surface area contributed by atoms with Crippen molar-refractivity contribution >= 4 is 29.9 Å². The standard InChI is InChI=1S/C19H17NO2S2/c1-3-22-18(21)17-15(14-7-5-4-6-8-14)16(19(23)24-17)20-11-9-13(2)10-12-20/h4-12H,3H2,1-2H3/p+1. The van der Waals surface area contributed by atoms with Crippen molar-refractivity contribution < 1.29 is 14.1 Å². The number of benzene rings is 1. The number of thiophene rings is 1. The number of nitrogens with zero attached hydrogens (tertiary/aromatic N) is 1. The molecule has 122 valence electrons. The quantitative estimate of drug-likeness (QED) is 0.425. The summed E-state index contributed by atoms with van der Waals surface area (Å²) in [6, 6.07) is 13.9. The van der Waals surface area contributed by atoms with Crippen molar-refractivity contribution in [1.82, 2.24) is 0 Å². The van der Waals surface area contributed by atoms with Crippen LogP contribution in [0, 0.1) is 6.92 Å². The summed E-state index contributed by atoms with van der Waals surface area (Å²) in [6.07, 6.45) is 3.97. The van der Waals surface area contributed by atoms with Crippen molar-refractivity contribution in [3.8, 4) is 16.8 Å². The average molecular weight is 356 g/mol. The van der Waals surface area contributed by atoms with E-state index in [1.54, 1.807) is 0 Å². The number of rotatable bonds is 4. The van der Waals surface area contributed by atoms with Gasteiger partial charge in [0.1, 0.15) is 9.09 Å². The van der Waals surface area contributed by atoms with Crippen molar-refractivity contribution in [3.05, 3.63) is 65.3 Å². The molecule has 0 spiro atoms. The second-order valence-electron chi connectivity index (χ2n) is 5.33. The summed E-state index contributed by atoms with van der Waals surface area (Å²) in [5.41, 5.74) is 3.91. The van der Waals surface area contributed by atoms with Crippen LogP contribution in [0.25, 0.3) is 16.8 Å². The smallest absolute Gasteiger partial charge is 0.349 e. The normalized spacial score (nSPS) is 10.6. The number of carbonyl (C=O) groups excluding carboxylic acids is 1. The number of hydrogen-bond acceptors (Lipinski definition) is 4. The van der Waals surface area contributed by atoms with Gasteiger partial charge in [-0.25, -0.2) is 4.79 Å². The van der Waals surface area contributed by atoms with Gasteiger partial charge in [0.2, 0.25) is 5.69 Å². The fourth-order valence-electron chi connectivity index (χ4n) is 2.51. The van der Waals surface area contributed by atoms with Gasteiger partial charge in [-0.05, 0) is 25.0 Å². The van der Waals surface area contributed by atoms with E-state index in [0.717, 1.165) is 21.0 Å². The van der Waals surface area contributed by atoms with Crippen LogP contribution in [0.2, 0.25) is 0 Å². The molecule has 1 aromatic carbocycles. The summed E-state index contributed by atoms with van der Waals surface area (Å²) < 4.78 is 8.02. The predicted octanol–water partition coefficient (Wildman–Crippen LogP) is 4.47. The first-order valence-electron chi connectivity index (χ1n) is 7.68. The lowest BCUT2D eigenvalue weighted by atomic mass is 10.0. The maximum atomic E-state index is 12.4. The number of carbonyl (C=O) groups is 1. The summed E-state index contributed by atoms with van der Waals surface area (Å²) in [5, 5.41) is 0. The Bertz CT molecular complexity index is 855. The van der Waals surface area contributed by atoms with E-state index in [1.807, 2.05) is 73.3 Å². The zero-order chi connectivity index (χ0) is 17.1. The van der Waals surface area contributed by atoms with E-state index < -0.39 is 0 Å². The monoisotopic (exact) mass is 356 g/mol. The van der Waals surface area contributed by atoms with E-state index in [9.17, 15) is 4.79 Å². The SMILES string of the molecule is CCOC(=O)c1sc(S)c(-[n+]2ccc(C)cc2)c1-c1ccccc1. The van der Waals surface area contributed by atoms with Crippen LogP contribution >= 0.6 is 24.0 Å². The zero-order valence-corrected chi connectivity index (χ0v) is 15.2. The number of hydrogen-bond donors (Lipinski definition) is 1. The van der Waals surface area contributed by atoms with Crippen molar-refractivity contribution in [2.45, 2.75) is 18.1 Å². The molecule has 0 radical (unpaired) electrons. The van der Waals surface area contributed by atoms with E-state index in [0.29, 0.717) is 11.5 Å². The first-order chi connectivity index (χ1) is 11.6. The molecule has 0 aliphatic heterocycles. The first-order valence-corrected chi connectivity index (χ1v) is 8.94. The van der Waals surface area contributed by atoms with Crippen LogP contribution in [0.3, 0.4) is 0 Å². The molecule has 0 aliphatic carbocycles. The summed E-state index contributed by atoms with van der Waals surface area (Å²) in [7, 11) is 0. The Labute approximate surface area is 151 Å². The molecule has 0 amide bonds. The van der Waals surface area contributed by atoms with E-state index in [4.69, 9.17) is 4.74 Å². The topological polar surface area (TPSA) is 30.2 Å². The third kappa shape index (κ3) is 3.23. The molecular weight excluding hydrogens is 338 g/mol. The summed E-state index contributed by atoms with van der Waals surface area (Å²) in [4.78, 5) is 13.0. The molecule has 0 unspecified atom stereocenters. The van der Waals surface area contributed by atoms with Crippen molar-refractivity contribution in [2.75, 3.05) is 6.61 Å². The second kappa shape index (κ2) is 7.20. The molecule has 24 heavy (non-hydrogen) atoms. The minimum Gasteiger partial charge on any atom is -0.462 e. The highest BCUT2D eigenvalue weighted by molar-refractivity contribution is 7.83. The van der Waals surface area contributed by atoms with Gasteiger partial charge >= 0.3 is 5.97 Å². The lowest BCUT2D eigenvalue weighted by Crippen LogP contribution is -2.30. The van der Waals surface area contributed by atoms with E-state index in [-0.39, 0.29) is 5.97 Å². The van der Waals surface area contributed by atoms with Gasteiger partial charge in [0.25, 0.3) is 0 Å². The predicted molar refractivity (Wildman–Crippen MR) is 99.2 cm³/mol. The fourth-order valence-corrected chi connectivity index (χ4v) is 3.97. The molecule has 3 aromatic rings. The third-order valence-electron chi connectivity index (χ3n) is 3.64. The molecule has 2 heterocycles. The number of thiol groups is 1. The van der Waals surface area contributed by atoms with Crippen molar-refractivity contribution in [3.63, 3.8) is 0 Å². The Balaban J connectivity index is 2.25. The van der Waals surface area contributed by atoms with Gasteiger partial charge in [0.15, 0.2) is 12.4 Å². The lowest BCUT2D eigenvalue weighted by Gasteiger charge is -2.05. The number of pyridine rings is 1. The van der Waals surface area contributed by atoms with Gasteiger partial charge in [-0.2, -0.15) is 4.57 Å². The second-order valence-corrected chi connectivity index (χ2v) is 7.10. The van der Waals surface area contributed by atoms with Crippen LogP contribution in [-0.4, -0.2) is 12.6 Å². The van der Waals surface area contributed by atoms with Crippen molar-refractivity contribution in [1.29, 1.82) is 0 Å². The number of esters is 1. The van der Waals surface area contributed by atoms with Gasteiger partial charge in [-0.15, -0.1) is 24.0 Å². The van der Waals surface area contributed by atoms with Crippen molar-refractivity contribution in [2.24, 2.45) is 0 Å². The Morgan fingerprint density at radius 1 is 1.17 bits per heavy atom. The molecule has 0 saturated heterocycles. The first kappa shape index (κ1) is 16.7. The Morgan fingerprint density at radius 3 is 2.46 bits per heavy atom. The summed E-state index contributed by atoms with van der Waals surface area (Å²) >= 11 is 5.98. The van der Waals surface area contributed by atoms with Gasteiger partial charge in [0.05, 0.1) is 12.2 Å². The van der Waals surface area contributed by atoms with Gasteiger partial charge in [-0.1, -0.05) is 30.3 Å². The molecule has 5 heteroatoms. The Hall–Kier alpha value is -2.11. The molecule has 2 aromatic heterocycles. The molecule has 0 saturated carbocycles. The fraction of sp³-hybridized carbons (Fsp3) is 0.158. The molecular formula is C19H18NO2S2+. The highest BCUT2D eigenvalue weighted by Crippen LogP contribution is 2.39. The van der Waals surface area contributed by atoms with E-state index >= 15 is 0 Å².